The summed E-state index contributed by atoms with van der Waals surface area (Å²) in [5.41, 5.74) is 3.43. The summed E-state index contributed by atoms with van der Waals surface area (Å²) < 4.78 is 1.96. The van der Waals surface area contributed by atoms with Crippen LogP contribution < -0.4 is 0 Å². The van der Waals surface area contributed by atoms with E-state index in [-0.39, 0.29) is 16.9 Å². The van der Waals surface area contributed by atoms with Crippen molar-refractivity contribution in [1.29, 1.82) is 5.26 Å². The van der Waals surface area contributed by atoms with Gasteiger partial charge in [-0.25, -0.2) is 4.68 Å². The van der Waals surface area contributed by atoms with Gasteiger partial charge in [-0.3, -0.25) is 4.79 Å². The maximum Gasteiger partial charge on any atom is 0.264 e. The summed E-state index contributed by atoms with van der Waals surface area (Å²) in [5.74, 6) is 2.29. The molecule has 0 atom stereocenters. The van der Waals surface area contributed by atoms with Gasteiger partial charge in [-0.2, -0.15) is 10.4 Å². The second kappa shape index (κ2) is 8.17. The fraction of sp³-hybridized carbons (Fsp3) is 0.536. The number of para-hydroxylation sites is 1. The fourth-order valence-corrected chi connectivity index (χ4v) is 7.58. The van der Waals surface area contributed by atoms with Crippen LogP contribution in [0.5, 0.6) is 0 Å². The van der Waals surface area contributed by atoms with Gasteiger partial charge in [0.15, 0.2) is 0 Å². The van der Waals surface area contributed by atoms with Crippen LogP contribution in [0, 0.1) is 29.1 Å². The molecule has 33 heavy (non-hydrogen) atoms. The lowest BCUT2D eigenvalue weighted by molar-refractivity contribution is -0.127. The van der Waals surface area contributed by atoms with Crippen LogP contribution in [0.1, 0.15) is 69.0 Å². The Morgan fingerprint density at radius 3 is 2.24 bits per heavy atom. The molecule has 0 N–H and O–H groups in total. The molecule has 5 nitrogen and oxygen atoms in total. The molecule has 4 aliphatic carbocycles. The maximum atomic E-state index is 13.2. The molecule has 0 spiro atoms. The predicted octanol–water partition coefficient (Wildman–Crippen LogP) is 5.26. The van der Waals surface area contributed by atoms with E-state index in [4.69, 9.17) is 5.10 Å². The van der Waals surface area contributed by atoms with Crippen LogP contribution >= 0.6 is 0 Å². The van der Waals surface area contributed by atoms with Crippen molar-refractivity contribution in [3.05, 3.63) is 53.4 Å². The highest BCUT2D eigenvalue weighted by Crippen LogP contribution is 2.61. The summed E-state index contributed by atoms with van der Waals surface area (Å²) in [5, 5.41) is 15.1. The highest BCUT2D eigenvalue weighted by molar-refractivity contribution is 6.01. The molecule has 4 bridgehead atoms. The number of carbonyl (C=O) groups is 1. The van der Waals surface area contributed by atoms with E-state index >= 15 is 0 Å². The van der Waals surface area contributed by atoms with Gasteiger partial charge in [0.2, 0.25) is 0 Å². The van der Waals surface area contributed by atoms with Gasteiger partial charge in [0.25, 0.3) is 5.91 Å². The Kier molecular flexibility index (Phi) is 5.13. The number of benzene rings is 1. The van der Waals surface area contributed by atoms with E-state index in [1.54, 1.807) is 0 Å². The van der Waals surface area contributed by atoms with Gasteiger partial charge >= 0.3 is 0 Å². The minimum Gasteiger partial charge on any atom is -0.338 e. The standard InChI is InChI=1S/C28H32N4O/c29-18-23(27(33)31-9-5-2-6-10-31)14-24-19-32(25-7-3-1-4-8-25)30-26(24)28-15-20-11-21(16-28)13-22(12-20)17-28/h1,3-4,7-8,14,19-22H,2,5-6,9-13,15-17H2/b23-14-. The molecule has 5 aliphatic rings. The molecular formula is C28H32N4O. The van der Waals surface area contributed by atoms with Crippen molar-refractivity contribution in [1.82, 2.24) is 14.7 Å². The number of piperidine rings is 1. The summed E-state index contributed by atoms with van der Waals surface area (Å²) in [4.78, 5) is 15.0. The molecule has 1 amide bonds. The van der Waals surface area contributed by atoms with E-state index in [1.807, 2.05) is 40.1 Å². The topological polar surface area (TPSA) is 61.9 Å². The zero-order chi connectivity index (χ0) is 22.4. The monoisotopic (exact) mass is 440 g/mol. The van der Waals surface area contributed by atoms with Crippen molar-refractivity contribution in [2.75, 3.05) is 13.1 Å². The molecule has 1 aromatic heterocycles. The SMILES string of the molecule is N#C/C(=C/c1cn(-c2ccccc2)nc1C12CC3CC(CC(C3)C1)C2)C(=O)N1CCCCC1. The molecule has 170 valence electrons. The number of nitriles is 1. The average molecular weight is 441 g/mol. The molecule has 4 saturated carbocycles. The number of rotatable bonds is 4. The van der Waals surface area contributed by atoms with Gasteiger partial charge in [0, 0.05) is 30.3 Å². The molecule has 5 fully saturated rings. The molecule has 1 saturated heterocycles. The Balaban J connectivity index is 1.43. The summed E-state index contributed by atoms with van der Waals surface area (Å²) in [7, 11) is 0. The number of hydrogen-bond donors (Lipinski definition) is 0. The van der Waals surface area contributed by atoms with E-state index in [0.717, 1.165) is 67.1 Å². The van der Waals surface area contributed by atoms with Crippen molar-refractivity contribution in [2.24, 2.45) is 17.8 Å². The number of likely N-dealkylation sites (tertiary alicyclic amines) is 1. The first-order chi connectivity index (χ1) is 16.1. The average Bonchev–Trinajstić information content (AvgIpc) is 3.27. The summed E-state index contributed by atoms with van der Waals surface area (Å²) in [6.45, 7) is 1.51. The van der Waals surface area contributed by atoms with Crippen molar-refractivity contribution in [2.45, 2.75) is 63.2 Å². The zero-order valence-corrected chi connectivity index (χ0v) is 19.2. The second-order valence-electron chi connectivity index (χ2n) is 10.9. The molecule has 2 aromatic rings. The van der Waals surface area contributed by atoms with Gasteiger partial charge in [-0.15, -0.1) is 0 Å². The van der Waals surface area contributed by atoms with Crippen LogP contribution in [0.3, 0.4) is 0 Å². The van der Waals surface area contributed by atoms with Gasteiger partial charge < -0.3 is 4.90 Å². The number of hydrogen-bond acceptors (Lipinski definition) is 3. The quantitative estimate of drug-likeness (QED) is 0.481. The molecule has 7 rings (SSSR count). The smallest absolute Gasteiger partial charge is 0.264 e. The van der Waals surface area contributed by atoms with Crippen LogP contribution in [0.4, 0.5) is 0 Å². The fourth-order valence-electron chi connectivity index (χ4n) is 7.58. The number of amides is 1. The van der Waals surface area contributed by atoms with E-state index in [0.29, 0.717) is 0 Å². The molecule has 2 heterocycles. The summed E-state index contributed by atoms with van der Waals surface area (Å²) in [6.07, 6.45) is 14.8. The van der Waals surface area contributed by atoms with Crippen molar-refractivity contribution in [3.63, 3.8) is 0 Å². The lowest BCUT2D eigenvalue weighted by Crippen LogP contribution is -2.49. The number of carbonyl (C=O) groups excluding carboxylic acids is 1. The number of nitrogens with zero attached hydrogens (tertiary/aromatic N) is 4. The first kappa shape index (κ1) is 20.7. The van der Waals surface area contributed by atoms with Gasteiger partial charge in [0.05, 0.1) is 11.4 Å². The van der Waals surface area contributed by atoms with Gasteiger partial charge in [-0.05, 0) is 93.7 Å². The Bertz CT molecular complexity index is 1080. The minimum atomic E-state index is -0.124. The predicted molar refractivity (Wildman–Crippen MR) is 127 cm³/mol. The van der Waals surface area contributed by atoms with Crippen LogP contribution in [0.15, 0.2) is 42.1 Å². The van der Waals surface area contributed by atoms with Crippen molar-refractivity contribution < 1.29 is 4.79 Å². The lowest BCUT2D eigenvalue weighted by atomic mass is 9.48. The normalized spacial score (nSPS) is 30.9. The van der Waals surface area contributed by atoms with Crippen molar-refractivity contribution in [3.8, 4) is 11.8 Å². The third-order valence-electron chi connectivity index (χ3n) is 8.60. The van der Waals surface area contributed by atoms with Crippen LogP contribution in [0.25, 0.3) is 11.8 Å². The van der Waals surface area contributed by atoms with Crippen molar-refractivity contribution >= 4 is 12.0 Å². The minimum absolute atomic E-state index is 0.0926. The second-order valence-corrected chi connectivity index (χ2v) is 10.9. The van der Waals surface area contributed by atoms with E-state index < -0.39 is 0 Å². The Morgan fingerprint density at radius 2 is 1.64 bits per heavy atom. The zero-order valence-electron chi connectivity index (χ0n) is 19.2. The third-order valence-corrected chi connectivity index (χ3v) is 8.60. The Morgan fingerprint density at radius 1 is 1.00 bits per heavy atom. The van der Waals surface area contributed by atoms with Gasteiger partial charge in [-0.1, -0.05) is 18.2 Å². The van der Waals surface area contributed by atoms with E-state index in [1.165, 1.54) is 38.5 Å². The van der Waals surface area contributed by atoms with E-state index in [9.17, 15) is 10.1 Å². The van der Waals surface area contributed by atoms with Crippen LogP contribution in [-0.2, 0) is 10.2 Å². The number of aromatic nitrogens is 2. The highest BCUT2D eigenvalue weighted by atomic mass is 16.2. The molecule has 0 unspecified atom stereocenters. The molecule has 5 heteroatoms. The highest BCUT2D eigenvalue weighted by Gasteiger charge is 2.53. The van der Waals surface area contributed by atoms with E-state index in [2.05, 4.69) is 18.2 Å². The summed E-state index contributed by atoms with van der Waals surface area (Å²) in [6, 6.07) is 12.4. The van der Waals surface area contributed by atoms with Crippen LogP contribution in [-0.4, -0.2) is 33.7 Å². The Labute approximate surface area is 196 Å². The third kappa shape index (κ3) is 3.70. The Hall–Kier alpha value is -2.87. The molecule has 1 aliphatic heterocycles. The maximum absolute atomic E-state index is 13.2. The molecule has 0 radical (unpaired) electrons. The molecule has 1 aromatic carbocycles. The van der Waals surface area contributed by atoms with Crippen LogP contribution in [0.2, 0.25) is 0 Å². The summed E-state index contributed by atoms with van der Waals surface area (Å²) >= 11 is 0. The lowest BCUT2D eigenvalue weighted by Gasteiger charge is -2.56. The molecular weight excluding hydrogens is 408 g/mol. The largest absolute Gasteiger partial charge is 0.338 e. The van der Waals surface area contributed by atoms with Gasteiger partial charge in [0.1, 0.15) is 11.6 Å². The first-order valence-corrected chi connectivity index (χ1v) is 12.7. The first-order valence-electron chi connectivity index (χ1n) is 12.7.